The first-order chi connectivity index (χ1) is 9.00. The van der Waals surface area contributed by atoms with Crippen molar-refractivity contribution in [1.82, 2.24) is 10.5 Å². The van der Waals surface area contributed by atoms with Crippen LogP contribution in [0.3, 0.4) is 0 Å². The van der Waals surface area contributed by atoms with Gasteiger partial charge in [-0.2, -0.15) is 0 Å². The van der Waals surface area contributed by atoms with Gasteiger partial charge in [0, 0.05) is 16.8 Å². The van der Waals surface area contributed by atoms with Crippen LogP contribution in [0.5, 0.6) is 0 Å². The molecule has 0 aliphatic carbocycles. The molecular weight excluding hydrogens is 264 g/mol. The van der Waals surface area contributed by atoms with Crippen LogP contribution in [0.2, 0.25) is 0 Å². The topological polar surface area (TPSA) is 75.4 Å². The molecule has 0 aliphatic heterocycles. The number of aromatic nitrogens is 1. The van der Waals surface area contributed by atoms with Gasteiger partial charge < -0.3 is 14.9 Å². The molecule has 0 saturated heterocycles. The Balaban J connectivity index is 1.93. The fourth-order valence-corrected chi connectivity index (χ4v) is 2.66. The van der Waals surface area contributed by atoms with E-state index in [0.717, 1.165) is 6.54 Å². The molecule has 19 heavy (non-hydrogen) atoms. The molecule has 0 bridgehead atoms. The van der Waals surface area contributed by atoms with E-state index in [1.165, 1.54) is 11.1 Å². The van der Waals surface area contributed by atoms with Crippen LogP contribution >= 0.6 is 11.3 Å². The van der Waals surface area contributed by atoms with Gasteiger partial charge in [-0.25, -0.2) is 4.79 Å². The monoisotopic (exact) mass is 280 g/mol. The van der Waals surface area contributed by atoms with Crippen molar-refractivity contribution in [2.45, 2.75) is 25.8 Å². The summed E-state index contributed by atoms with van der Waals surface area (Å²) in [5.41, 5.74) is 0.110. The van der Waals surface area contributed by atoms with Gasteiger partial charge in [0.25, 0.3) is 0 Å². The van der Waals surface area contributed by atoms with Crippen LogP contribution in [0, 0.1) is 0 Å². The smallest absolute Gasteiger partial charge is 0.341 e. The van der Waals surface area contributed by atoms with Crippen molar-refractivity contribution in [3.8, 4) is 0 Å². The van der Waals surface area contributed by atoms with E-state index in [1.54, 1.807) is 11.3 Å². The molecule has 0 unspecified atom stereocenters. The molecule has 0 radical (unpaired) electrons. The number of hydrogen-bond acceptors (Lipinski definition) is 5. The van der Waals surface area contributed by atoms with Crippen LogP contribution < -0.4 is 5.32 Å². The van der Waals surface area contributed by atoms with E-state index in [1.807, 2.05) is 6.07 Å². The quantitative estimate of drug-likeness (QED) is 0.850. The van der Waals surface area contributed by atoms with Gasteiger partial charge in [0.1, 0.15) is 5.56 Å². The van der Waals surface area contributed by atoms with E-state index in [-0.39, 0.29) is 11.0 Å². The Morgan fingerprint density at radius 2 is 2.37 bits per heavy atom. The number of hydrogen-bond donors (Lipinski definition) is 2. The molecule has 0 saturated carbocycles. The molecule has 2 N–H and O–H groups in total. The SMILES string of the molecule is CC(C)(CNCc1oncc1C(=O)O)c1cccs1. The number of nitrogens with zero attached hydrogens (tertiary/aromatic N) is 1. The maximum atomic E-state index is 10.9. The number of rotatable bonds is 6. The molecule has 0 aromatic carbocycles. The lowest BCUT2D eigenvalue weighted by Crippen LogP contribution is -2.32. The highest BCUT2D eigenvalue weighted by Gasteiger charge is 2.22. The van der Waals surface area contributed by atoms with Crippen molar-refractivity contribution in [3.63, 3.8) is 0 Å². The van der Waals surface area contributed by atoms with Crippen LogP contribution in [0.1, 0.15) is 34.8 Å². The molecule has 2 aromatic rings. The summed E-state index contributed by atoms with van der Waals surface area (Å²) in [6, 6.07) is 4.13. The van der Waals surface area contributed by atoms with Crippen LogP contribution in [0.4, 0.5) is 0 Å². The number of aromatic carboxylic acids is 1. The zero-order valence-electron chi connectivity index (χ0n) is 10.8. The molecule has 0 fully saturated rings. The molecule has 6 heteroatoms. The first-order valence-electron chi connectivity index (χ1n) is 5.92. The molecule has 5 nitrogen and oxygen atoms in total. The maximum absolute atomic E-state index is 10.9. The van der Waals surface area contributed by atoms with Gasteiger partial charge in [-0.15, -0.1) is 11.3 Å². The van der Waals surface area contributed by atoms with Gasteiger partial charge in [-0.05, 0) is 11.4 Å². The highest BCUT2D eigenvalue weighted by Crippen LogP contribution is 2.26. The first kappa shape index (κ1) is 13.8. The first-order valence-corrected chi connectivity index (χ1v) is 6.80. The molecule has 0 aliphatic rings. The van der Waals surface area contributed by atoms with Crippen LogP contribution in [-0.4, -0.2) is 22.8 Å². The third-order valence-corrected chi connectivity index (χ3v) is 4.15. The summed E-state index contributed by atoms with van der Waals surface area (Å²) >= 11 is 1.72. The van der Waals surface area contributed by atoms with E-state index in [4.69, 9.17) is 9.63 Å². The van der Waals surface area contributed by atoms with Gasteiger partial charge >= 0.3 is 5.97 Å². The zero-order valence-corrected chi connectivity index (χ0v) is 11.7. The summed E-state index contributed by atoms with van der Waals surface area (Å²) in [6.45, 7) is 5.37. The summed E-state index contributed by atoms with van der Waals surface area (Å²) in [4.78, 5) is 12.2. The molecule has 2 heterocycles. The number of carboxylic acid groups (broad SMARTS) is 1. The Bertz CT molecular complexity index is 546. The van der Waals surface area contributed by atoms with Gasteiger partial charge in [0.05, 0.1) is 12.7 Å². The lowest BCUT2D eigenvalue weighted by Gasteiger charge is -2.23. The number of nitrogens with one attached hydrogen (secondary N) is 1. The standard InChI is InChI=1S/C13H16N2O3S/c1-13(2,11-4-3-5-19-11)8-14-7-10-9(12(16)17)6-15-18-10/h3-6,14H,7-8H2,1-2H3,(H,16,17). The second kappa shape index (κ2) is 5.54. The second-order valence-electron chi connectivity index (χ2n) is 4.93. The van der Waals surface area contributed by atoms with Crippen LogP contribution in [0.15, 0.2) is 28.2 Å². The van der Waals surface area contributed by atoms with Gasteiger partial charge in [0.15, 0.2) is 5.76 Å². The third kappa shape index (κ3) is 3.21. The summed E-state index contributed by atoms with van der Waals surface area (Å²) in [5.74, 6) is -0.662. The van der Waals surface area contributed by atoms with E-state index in [9.17, 15) is 4.79 Å². The largest absolute Gasteiger partial charge is 0.478 e. The van der Waals surface area contributed by atoms with Crippen molar-refractivity contribution >= 4 is 17.3 Å². The summed E-state index contributed by atoms with van der Waals surface area (Å²) in [6.07, 6.45) is 1.23. The van der Waals surface area contributed by atoms with Crippen LogP contribution in [0.25, 0.3) is 0 Å². The minimum Gasteiger partial charge on any atom is -0.478 e. The van der Waals surface area contributed by atoms with Gasteiger partial charge in [-0.1, -0.05) is 25.1 Å². The fourth-order valence-electron chi connectivity index (χ4n) is 1.81. The second-order valence-corrected chi connectivity index (χ2v) is 5.88. The van der Waals surface area contributed by atoms with E-state index in [2.05, 4.69) is 35.8 Å². The zero-order chi connectivity index (χ0) is 13.9. The Morgan fingerprint density at radius 3 is 3.00 bits per heavy atom. The highest BCUT2D eigenvalue weighted by molar-refractivity contribution is 7.10. The lowest BCUT2D eigenvalue weighted by molar-refractivity contribution is 0.0694. The number of carbonyl (C=O) groups is 1. The Morgan fingerprint density at radius 1 is 1.58 bits per heavy atom. The van der Waals surface area contributed by atoms with Crippen molar-refractivity contribution < 1.29 is 14.4 Å². The number of thiophene rings is 1. The maximum Gasteiger partial charge on any atom is 0.341 e. The summed E-state index contributed by atoms with van der Waals surface area (Å²) in [5, 5.41) is 17.7. The number of carboxylic acids is 1. The predicted octanol–water partition coefficient (Wildman–Crippen LogP) is 2.50. The molecule has 0 atom stereocenters. The fraction of sp³-hybridized carbons (Fsp3) is 0.385. The molecule has 0 amide bonds. The van der Waals surface area contributed by atoms with Gasteiger partial charge in [-0.3, -0.25) is 0 Å². The average molecular weight is 280 g/mol. The molecule has 102 valence electrons. The normalized spacial score (nSPS) is 11.7. The van der Waals surface area contributed by atoms with Gasteiger partial charge in [0.2, 0.25) is 0 Å². The Hall–Kier alpha value is -1.66. The molecule has 2 aromatic heterocycles. The van der Waals surface area contributed by atoms with Crippen LogP contribution in [-0.2, 0) is 12.0 Å². The lowest BCUT2D eigenvalue weighted by atomic mass is 9.91. The van der Waals surface area contributed by atoms with Crippen molar-refractivity contribution in [2.24, 2.45) is 0 Å². The third-order valence-electron chi connectivity index (χ3n) is 2.92. The average Bonchev–Trinajstić information content (AvgIpc) is 2.99. The molecule has 0 spiro atoms. The summed E-state index contributed by atoms with van der Waals surface area (Å²) in [7, 11) is 0. The molecular formula is C13H16N2O3S. The van der Waals surface area contributed by atoms with E-state index >= 15 is 0 Å². The Labute approximate surface area is 115 Å². The minimum atomic E-state index is -1.02. The Kier molecular flexibility index (Phi) is 4.01. The predicted molar refractivity (Wildman–Crippen MR) is 72.5 cm³/mol. The minimum absolute atomic E-state index is 0.00241. The van der Waals surface area contributed by atoms with E-state index in [0.29, 0.717) is 12.3 Å². The van der Waals surface area contributed by atoms with Crippen molar-refractivity contribution in [3.05, 3.63) is 39.9 Å². The van der Waals surface area contributed by atoms with E-state index < -0.39 is 5.97 Å². The highest BCUT2D eigenvalue weighted by atomic mass is 32.1. The van der Waals surface area contributed by atoms with Crippen molar-refractivity contribution in [1.29, 1.82) is 0 Å². The molecule has 2 rings (SSSR count). The summed E-state index contributed by atoms with van der Waals surface area (Å²) < 4.78 is 4.94. The van der Waals surface area contributed by atoms with Crippen molar-refractivity contribution in [2.75, 3.05) is 6.54 Å².